The van der Waals surface area contributed by atoms with E-state index >= 15 is 0 Å². The topological polar surface area (TPSA) is 98.5 Å². The molecule has 0 aliphatic heterocycles. The molecule has 8 nitrogen and oxygen atoms in total. The molecule has 4 aromatic rings. The van der Waals surface area contributed by atoms with Crippen molar-refractivity contribution in [1.82, 2.24) is 14.5 Å². The van der Waals surface area contributed by atoms with E-state index in [9.17, 15) is 18.0 Å². The van der Waals surface area contributed by atoms with E-state index in [1.54, 1.807) is 13.2 Å². The Morgan fingerprint density at radius 2 is 1.91 bits per heavy atom. The van der Waals surface area contributed by atoms with Crippen molar-refractivity contribution in [3.8, 4) is 22.8 Å². The standard InChI is InChI=1S/C24H21F3N4O4/c1-14-10-17-19(4-3-5-20(17)34-2)31(14)9-8-28-22-12-18(29-13-30-22)15-6-7-16(23(32)33)21(11-15)35-24(25,26)27/h3-7,10-13H,8-9H2,1-2H3,(H,32,33)(H,28,29,30). The second-order valence-corrected chi connectivity index (χ2v) is 7.61. The van der Waals surface area contributed by atoms with Crippen LogP contribution in [0.25, 0.3) is 22.2 Å². The number of fused-ring (bicyclic) bond motifs is 1. The lowest BCUT2D eigenvalue weighted by atomic mass is 10.1. The highest BCUT2D eigenvalue weighted by Gasteiger charge is 2.33. The van der Waals surface area contributed by atoms with Gasteiger partial charge in [0.1, 0.15) is 29.2 Å². The molecule has 0 saturated heterocycles. The van der Waals surface area contributed by atoms with Crippen LogP contribution in [0.4, 0.5) is 19.0 Å². The normalized spacial score (nSPS) is 11.5. The van der Waals surface area contributed by atoms with Crippen molar-refractivity contribution >= 4 is 22.7 Å². The molecule has 2 N–H and O–H groups in total. The lowest BCUT2D eigenvalue weighted by Gasteiger charge is -2.13. The van der Waals surface area contributed by atoms with Gasteiger partial charge in [0.05, 0.1) is 18.3 Å². The number of aromatic nitrogens is 3. The number of alkyl halides is 3. The monoisotopic (exact) mass is 486 g/mol. The first kappa shape index (κ1) is 23.9. The predicted octanol–water partition coefficient (Wildman–Crippen LogP) is 5.12. The molecule has 0 unspecified atom stereocenters. The van der Waals surface area contributed by atoms with Gasteiger partial charge in [-0.15, -0.1) is 13.2 Å². The third-order valence-corrected chi connectivity index (χ3v) is 5.37. The summed E-state index contributed by atoms with van der Waals surface area (Å²) in [5.74, 6) is -1.10. The maximum absolute atomic E-state index is 12.7. The third-order valence-electron chi connectivity index (χ3n) is 5.37. The summed E-state index contributed by atoms with van der Waals surface area (Å²) in [6.07, 6.45) is -3.76. The van der Waals surface area contributed by atoms with Crippen LogP contribution in [0.5, 0.6) is 11.5 Å². The zero-order valence-corrected chi connectivity index (χ0v) is 18.8. The lowest BCUT2D eigenvalue weighted by molar-refractivity contribution is -0.274. The first-order valence-corrected chi connectivity index (χ1v) is 10.5. The van der Waals surface area contributed by atoms with Crippen molar-refractivity contribution in [3.05, 3.63) is 66.1 Å². The fraction of sp³-hybridized carbons (Fsp3) is 0.208. The molecule has 182 valence electrons. The summed E-state index contributed by atoms with van der Waals surface area (Å²) in [4.78, 5) is 19.5. The van der Waals surface area contributed by atoms with E-state index in [2.05, 4.69) is 30.7 Å². The summed E-state index contributed by atoms with van der Waals surface area (Å²) in [6.45, 7) is 3.14. The minimum absolute atomic E-state index is 0.249. The van der Waals surface area contributed by atoms with Gasteiger partial charge < -0.3 is 24.5 Å². The van der Waals surface area contributed by atoms with E-state index in [0.717, 1.165) is 34.5 Å². The van der Waals surface area contributed by atoms with Crippen LogP contribution in [0, 0.1) is 6.92 Å². The zero-order valence-electron chi connectivity index (χ0n) is 18.8. The number of ether oxygens (including phenoxy) is 2. The number of anilines is 1. The van der Waals surface area contributed by atoms with Crippen LogP contribution in [-0.2, 0) is 6.54 Å². The number of hydrogen-bond donors (Lipinski definition) is 2. The minimum Gasteiger partial charge on any atom is -0.496 e. The molecular formula is C24H21F3N4O4. The van der Waals surface area contributed by atoms with Crippen LogP contribution >= 0.6 is 0 Å². The molecule has 0 aliphatic carbocycles. The summed E-state index contributed by atoms with van der Waals surface area (Å²) in [7, 11) is 1.63. The lowest BCUT2D eigenvalue weighted by Crippen LogP contribution is -2.19. The number of rotatable bonds is 8. The summed E-state index contributed by atoms with van der Waals surface area (Å²) >= 11 is 0. The van der Waals surface area contributed by atoms with Crippen molar-refractivity contribution in [2.75, 3.05) is 19.0 Å². The Kier molecular flexibility index (Phi) is 6.50. The summed E-state index contributed by atoms with van der Waals surface area (Å²) < 4.78 is 49.7. The van der Waals surface area contributed by atoms with E-state index < -0.39 is 23.6 Å². The first-order chi connectivity index (χ1) is 16.7. The number of carboxylic acids is 1. The molecule has 2 aromatic heterocycles. The van der Waals surface area contributed by atoms with Crippen molar-refractivity contribution in [2.45, 2.75) is 19.8 Å². The Hall–Kier alpha value is -4.28. The molecule has 11 heteroatoms. The van der Waals surface area contributed by atoms with Gasteiger partial charge in [-0.1, -0.05) is 12.1 Å². The molecule has 0 bridgehead atoms. The van der Waals surface area contributed by atoms with Crippen LogP contribution in [0.1, 0.15) is 16.1 Å². The van der Waals surface area contributed by atoms with Gasteiger partial charge in [0, 0.05) is 35.8 Å². The average Bonchev–Trinajstić information content (AvgIpc) is 3.13. The molecule has 2 heterocycles. The minimum atomic E-state index is -5.04. The van der Waals surface area contributed by atoms with Gasteiger partial charge in [-0.25, -0.2) is 14.8 Å². The number of halogens is 3. The third kappa shape index (κ3) is 5.29. The summed E-state index contributed by atoms with van der Waals surface area (Å²) in [6, 6.07) is 12.9. The maximum Gasteiger partial charge on any atom is 0.573 e. The van der Waals surface area contributed by atoms with Gasteiger partial charge in [-0.2, -0.15) is 0 Å². The van der Waals surface area contributed by atoms with E-state index in [4.69, 9.17) is 9.84 Å². The highest BCUT2D eigenvalue weighted by molar-refractivity contribution is 5.92. The van der Waals surface area contributed by atoms with Gasteiger partial charge in [-0.3, -0.25) is 0 Å². The maximum atomic E-state index is 12.7. The number of nitrogens with one attached hydrogen (secondary N) is 1. The fourth-order valence-electron chi connectivity index (χ4n) is 3.84. The Morgan fingerprint density at radius 1 is 1.11 bits per heavy atom. The molecule has 0 aliphatic rings. The molecule has 2 aromatic carbocycles. The Morgan fingerprint density at radius 3 is 2.63 bits per heavy atom. The number of aromatic carboxylic acids is 1. The number of carbonyl (C=O) groups is 1. The highest BCUT2D eigenvalue weighted by atomic mass is 19.4. The molecule has 0 atom stereocenters. The number of carboxylic acid groups (broad SMARTS) is 1. The highest BCUT2D eigenvalue weighted by Crippen LogP contribution is 2.32. The molecule has 0 fully saturated rings. The largest absolute Gasteiger partial charge is 0.573 e. The SMILES string of the molecule is COc1cccc2c1cc(C)n2CCNc1cc(-c2ccc(C(=O)O)c(OC(F)(F)F)c2)ncn1. The quantitative estimate of drug-likeness (QED) is 0.357. The molecule has 35 heavy (non-hydrogen) atoms. The predicted molar refractivity (Wildman–Crippen MR) is 123 cm³/mol. The Bertz CT molecular complexity index is 1390. The number of aryl methyl sites for hydroxylation is 1. The van der Waals surface area contributed by atoms with Crippen LogP contribution in [0.2, 0.25) is 0 Å². The number of nitrogens with zero attached hydrogens (tertiary/aromatic N) is 3. The summed E-state index contributed by atoms with van der Waals surface area (Å²) in [5.41, 5.74) is 2.04. The number of hydrogen-bond acceptors (Lipinski definition) is 6. The molecule has 0 amide bonds. The van der Waals surface area contributed by atoms with Gasteiger partial charge in [0.2, 0.25) is 0 Å². The van der Waals surface area contributed by atoms with Crippen molar-refractivity contribution in [1.29, 1.82) is 0 Å². The molecule has 0 radical (unpaired) electrons. The van der Waals surface area contributed by atoms with Crippen LogP contribution < -0.4 is 14.8 Å². The van der Waals surface area contributed by atoms with Crippen LogP contribution in [0.15, 0.2) is 54.9 Å². The zero-order chi connectivity index (χ0) is 25.2. The van der Waals surface area contributed by atoms with Crippen LogP contribution in [-0.4, -0.2) is 45.6 Å². The molecular weight excluding hydrogens is 465 g/mol. The Labute approximate surface area is 198 Å². The van der Waals surface area contributed by atoms with Crippen molar-refractivity contribution in [2.24, 2.45) is 0 Å². The number of methoxy groups -OCH3 is 1. The second-order valence-electron chi connectivity index (χ2n) is 7.61. The molecule has 4 rings (SSSR count). The van der Waals surface area contributed by atoms with E-state index in [1.165, 1.54) is 12.4 Å². The number of benzene rings is 2. The van der Waals surface area contributed by atoms with E-state index in [-0.39, 0.29) is 5.56 Å². The molecule has 0 saturated carbocycles. The second kappa shape index (κ2) is 9.53. The average molecular weight is 486 g/mol. The smallest absolute Gasteiger partial charge is 0.496 e. The van der Waals surface area contributed by atoms with E-state index in [1.807, 2.05) is 25.1 Å². The van der Waals surface area contributed by atoms with Crippen molar-refractivity contribution < 1.29 is 32.5 Å². The fourth-order valence-corrected chi connectivity index (χ4v) is 3.84. The van der Waals surface area contributed by atoms with E-state index in [0.29, 0.717) is 24.6 Å². The van der Waals surface area contributed by atoms with Crippen molar-refractivity contribution in [3.63, 3.8) is 0 Å². The molecule has 0 spiro atoms. The Balaban J connectivity index is 1.53. The van der Waals surface area contributed by atoms with Gasteiger partial charge >= 0.3 is 12.3 Å². The first-order valence-electron chi connectivity index (χ1n) is 10.5. The van der Waals surface area contributed by atoms with Gasteiger partial charge in [0.15, 0.2) is 0 Å². The summed E-state index contributed by atoms with van der Waals surface area (Å²) in [5, 5.41) is 13.4. The van der Waals surface area contributed by atoms with Gasteiger partial charge in [0.25, 0.3) is 0 Å². The van der Waals surface area contributed by atoms with Crippen LogP contribution in [0.3, 0.4) is 0 Å². The van der Waals surface area contributed by atoms with Gasteiger partial charge in [-0.05, 0) is 37.3 Å².